The first-order valence-corrected chi connectivity index (χ1v) is 13.2. The van der Waals surface area contributed by atoms with Gasteiger partial charge in [0.2, 0.25) is 5.95 Å². The zero-order valence-electron chi connectivity index (χ0n) is 22.2. The van der Waals surface area contributed by atoms with E-state index in [1.54, 1.807) is 30.5 Å². The molecular weight excluding hydrogens is 529 g/mol. The summed E-state index contributed by atoms with van der Waals surface area (Å²) in [7, 11) is 2.09. The Kier molecular flexibility index (Phi) is 6.92. The van der Waals surface area contributed by atoms with Gasteiger partial charge in [0.05, 0.1) is 16.6 Å². The molecule has 0 saturated carbocycles. The number of carbonyl (C=O) groups is 1. The maximum absolute atomic E-state index is 13.2. The van der Waals surface area contributed by atoms with Gasteiger partial charge in [-0.15, -0.1) is 0 Å². The molecule has 1 amide bonds. The number of hydrogen-bond acceptors (Lipinski definition) is 4. The van der Waals surface area contributed by atoms with Gasteiger partial charge in [0.15, 0.2) is 0 Å². The summed E-state index contributed by atoms with van der Waals surface area (Å²) in [5.41, 5.74) is 4.28. The molecule has 0 fully saturated rings. The Morgan fingerprint density at radius 3 is 2.59 bits per heavy atom. The molecule has 2 N–H and O–H groups in total. The van der Waals surface area contributed by atoms with E-state index in [2.05, 4.69) is 44.3 Å². The fourth-order valence-corrected chi connectivity index (χ4v) is 5.08. The molecule has 0 aliphatic carbocycles. The SMILES string of the molecule is CN(CC1=Cn2cc(C(=O)Nc3nc4ccc(-c5cccc(C(F)(F)F)c5)cc4[nH]3)nc2CC1)Cc1ccccc1. The lowest BCUT2D eigenvalue weighted by molar-refractivity contribution is -0.137. The van der Waals surface area contributed by atoms with E-state index in [1.807, 2.05) is 29.0 Å². The number of nitrogens with zero attached hydrogens (tertiary/aromatic N) is 4. The molecule has 7 nitrogen and oxygen atoms in total. The van der Waals surface area contributed by atoms with Crippen molar-refractivity contribution < 1.29 is 18.0 Å². The summed E-state index contributed by atoms with van der Waals surface area (Å²) in [6.07, 6.45) is 0.945. The maximum atomic E-state index is 13.2. The second-order valence-corrected chi connectivity index (χ2v) is 10.2. The van der Waals surface area contributed by atoms with Crippen LogP contribution in [0.1, 0.15) is 33.9 Å². The number of fused-ring (bicyclic) bond motifs is 2. The molecule has 0 atom stereocenters. The van der Waals surface area contributed by atoms with Gasteiger partial charge in [-0.05, 0) is 60.0 Å². The molecule has 0 bridgehead atoms. The van der Waals surface area contributed by atoms with Crippen molar-refractivity contribution in [2.75, 3.05) is 18.9 Å². The van der Waals surface area contributed by atoms with E-state index >= 15 is 0 Å². The van der Waals surface area contributed by atoms with Crippen molar-refractivity contribution in [1.29, 1.82) is 0 Å². The third-order valence-corrected chi connectivity index (χ3v) is 7.04. The van der Waals surface area contributed by atoms with Crippen molar-refractivity contribution in [3.63, 3.8) is 0 Å². The monoisotopic (exact) mass is 556 g/mol. The van der Waals surface area contributed by atoms with Crippen LogP contribution in [0.4, 0.5) is 19.1 Å². The van der Waals surface area contributed by atoms with Gasteiger partial charge in [0, 0.05) is 31.9 Å². The lowest BCUT2D eigenvalue weighted by Gasteiger charge is -2.21. The van der Waals surface area contributed by atoms with Gasteiger partial charge in [0.1, 0.15) is 11.5 Å². The summed E-state index contributed by atoms with van der Waals surface area (Å²) in [5, 5.41) is 2.76. The molecule has 0 radical (unpaired) electrons. The van der Waals surface area contributed by atoms with Crippen LogP contribution in [0.15, 0.2) is 84.6 Å². The lowest BCUT2D eigenvalue weighted by Crippen LogP contribution is -2.22. The quantitative estimate of drug-likeness (QED) is 0.236. The predicted molar refractivity (Wildman–Crippen MR) is 152 cm³/mol. The molecular formula is C31H27F3N6O. The topological polar surface area (TPSA) is 78.8 Å². The predicted octanol–water partition coefficient (Wildman–Crippen LogP) is 6.62. The Hall–Kier alpha value is -4.70. The summed E-state index contributed by atoms with van der Waals surface area (Å²) < 4.78 is 41.4. The third kappa shape index (κ3) is 5.92. The van der Waals surface area contributed by atoms with E-state index in [4.69, 9.17) is 0 Å². The molecule has 208 valence electrons. The van der Waals surface area contributed by atoms with Crippen LogP contribution in [-0.4, -0.2) is 43.9 Å². The normalized spacial score (nSPS) is 13.3. The van der Waals surface area contributed by atoms with Crippen molar-refractivity contribution >= 4 is 29.1 Å². The molecule has 0 saturated heterocycles. The summed E-state index contributed by atoms with van der Waals surface area (Å²) in [5.74, 6) is 0.649. The highest BCUT2D eigenvalue weighted by Crippen LogP contribution is 2.33. The standard InChI is InChI=1S/C31H27F3N6O/c1-39(16-20-6-3-2-4-7-20)17-21-10-13-28-35-27(19-40(28)18-21)29(41)38-30-36-25-12-11-23(15-26(25)37-30)22-8-5-9-24(14-22)31(32,33)34/h2-9,11-12,14-15,18-19H,10,13,16-17H2,1H3,(H2,36,37,38,41). The van der Waals surface area contributed by atoms with Gasteiger partial charge in [0.25, 0.3) is 5.91 Å². The van der Waals surface area contributed by atoms with Gasteiger partial charge in [-0.3, -0.25) is 15.0 Å². The fraction of sp³-hybridized carbons (Fsp3) is 0.194. The Morgan fingerprint density at radius 2 is 1.78 bits per heavy atom. The van der Waals surface area contributed by atoms with Crippen molar-refractivity contribution in [3.8, 4) is 11.1 Å². The number of hydrogen-bond donors (Lipinski definition) is 2. The number of H-pyrrole nitrogens is 1. The van der Waals surface area contributed by atoms with Crippen LogP contribution >= 0.6 is 0 Å². The number of alkyl halides is 3. The van der Waals surface area contributed by atoms with Gasteiger partial charge in [-0.2, -0.15) is 13.2 Å². The second kappa shape index (κ2) is 10.7. The van der Waals surface area contributed by atoms with Crippen molar-refractivity contribution in [2.45, 2.75) is 25.6 Å². The van der Waals surface area contributed by atoms with Gasteiger partial charge in [-0.25, -0.2) is 9.97 Å². The molecule has 3 heterocycles. The molecule has 0 spiro atoms. The Labute approximate surface area is 234 Å². The number of halogens is 3. The van der Waals surface area contributed by atoms with Gasteiger partial charge in [-0.1, -0.05) is 48.5 Å². The first-order valence-electron chi connectivity index (χ1n) is 13.2. The zero-order valence-corrected chi connectivity index (χ0v) is 22.2. The third-order valence-electron chi connectivity index (χ3n) is 7.04. The van der Waals surface area contributed by atoms with Crippen LogP contribution in [0, 0.1) is 0 Å². The van der Waals surface area contributed by atoms with E-state index in [0.29, 0.717) is 22.2 Å². The van der Waals surface area contributed by atoms with Crippen LogP contribution in [0.5, 0.6) is 0 Å². The summed E-state index contributed by atoms with van der Waals surface area (Å²) in [6.45, 7) is 1.66. The number of nitrogens with one attached hydrogen (secondary N) is 2. The summed E-state index contributed by atoms with van der Waals surface area (Å²) >= 11 is 0. The van der Waals surface area contributed by atoms with E-state index in [9.17, 15) is 18.0 Å². The molecule has 6 rings (SSSR count). The number of aromatic amines is 1. The molecule has 41 heavy (non-hydrogen) atoms. The minimum atomic E-state index is -4.42. The van der Waals surface area contributed by atoms with Crippen LogP contribution < -0.4 is 5.32 Å². The fourth-order valence-electron chi connectivity index (χ4n) is 5.08. The van der Waals surface area contributed by atoms with Crippen molar-refractivity contribution in [2.24, 2.45) is 0 Å². The average Bonchev–Trinajstić information content (AvgIpc) is 3.56. The molecule has 1 aliphatic rings. The number of likely N-dealkylation sites (N-methyl/N-ethyl adjacent to an activating group) is 1. The Balaban J connectivity index is 1.14. The number of carbonyl (C=O) groups excluding carboxylic acids is 1. The Morgan fingerprint density at radius 1 is 0.976 bits per heavy atom. The first kappa shape index (κ1) is 26.5. The maximum Gasteiger partial charge on any atom is 0.416 e. The van der Waals surface area contributed by atoms with Crippen LogP contribution in [0.3, 0.4) is 0 Å². The number of aryl methyl sites for hydroxylation is 1. The molecule has 3 aromatic carbocycles. The molecule has 10 heteroatoms. The van der Waals surface area contributed by atoms with Crippen molar-refractivity contribution in [1.82, 2.24) is 24.4 Å². The lowest BCUT2D eigenvalue weighted by atomic mass is 10.0. The number of benzene rings is 3. The minimum Gasteiger partial charge on any atom is -0.324 e. The number of aromatic nitrogens is 4. The van der Waals surface area contributed by atoms with Crippen molar-refractivity contribution in [3.05, 3.63) is 107 Å². The first-order chi connectivity index (χ1) is 19.7. The number of anilines is 1. The number of amides is 1. The van der Waals surface area contributed by atoms with E-state index < -0.39 is 17.6 Å². The average molecular weight is 557 g/mol. The largest absolute Gasteiger partial charge is 0.416 e. The zero-order chi connectivity index (χ0) is 28.6. The molecule has 1 aliphatic heterocycles. The van der Waals surface area contributed by atoms with Crippen LogP contribution in [-0.2, 0) is 19.1 Å². The van der Waals surface area contributed by atoms with Crippen LogP contribution in [0.25, 0.3) is 28.4 Å². The number of imidazole rings is 2. The van der Waals surface area contributed by atoms with Gasteiger partial charge < -0.3 is 9.55 Å². The highest BCUT2D eigenvalue weighted by Gasteiger charge is 2.30. The van der Waals surface area contributed by atoms with E-state index in [-0.39, 0.29) is 11.6 Å². The highest BCUT2D eigenvalue weighted by molar-refractivity contribution is 6.02. The Bertz CT molecular complexity index is 1750. The molecule has 2 aromatic heterocycles. The molecule has 5 aromatic rings. The smallest absolute Gasteiger partial charge is 0.324 e. The second-order valence-electron chi connectivity index (χ2n) is 10.2. The highest BCUT2D eigenvalue weighted by atomic mass is 19.4. The van der Waals surface area contributed by atoms with Gasteiger partial charge >= 0.3 is 6.18 Å². The van der Waals surface area contributed by atoms with E-state index in [0.717, 1.165) is 43.9 Å². The minimum absolute atomic E-state index is 0.232. The summed E-state index contributed by atoms with van der Waals surface area (Å²) in [4.78, 5) is 27.2. The van der Waals surface area contributed by atoms with Crippen LogP contribution in [0.2, 0.25) is 0 Å². The van der Waals surface area contributed by atoms with E-state index in [1.165, 1.54) is 17.2 Å². The summed E-state index contributed by atoms with van der Waals surface area (Å²) in [6, 6.07) is 20.6. The number of rotatable bonds is 7. The molecule has 0 unspecified atom stereocenters.